The Hall–Kier alpha value is -4.65. The van der Waals surface area contributed by atoms with Gasteiger partial charge in [-0.25, -0.2) is 5.43 Å². The Morgan fingerprint density at radius 1 is 0.853 bits per heavy atom. The van der Waals surface area contributed by atoms with Gasteiger partial charge in [0.15, 0.2) is 11.5 Å². The van der Waals surface area contributed by atoms with Crippen LogP contribution in [0.4, 0.5) is 5.69 Å². The highest BCUT2D eigenvalue weighted by Crippen LogP contribution is 2.28. The SMILES string of the molecule is COc1cc(/C=N/NC(=O)C(=O)Nc2cccc3ccccc23)ccc1OCc1ccccc1. The molecule has 7 nitrogen and oxygen atoms in total. The smallest absolute Gasteiger partial charge is 0.329 e. The van der Waals surface area contributed by atoms with Crippen LogP contribution >= 0.6 is 0 Å². The maximum absolute atomic E-state index is 12.3. The first-order valence-corrected chi connectivity index (χ1v) is 10.6. The van der Waals surface area contributed by atoms with Crippen molar-refractivity contribution in [3.05, 3.63) is 102 Å². The van der Waals surface area contributed by atoms with Crippen molar-refractivity contribution in [1.29, 1.82) is 0 Å². The highest BCUT2D eigenvalue weighted by atomic mass is 16.5. The number of hydrogen-bond donors (Lipinski definition) is 2. The Morgan fingerprint density at radius 2 is 1.62 bits per heavy atom. The van der Waals surface area contributed by atoms with Gasteiger partial charge in [0.25, 0.3) is 0 Å². The van der Waals surface area contributed by atoms with E-state index in [1.54, 1.807) is 31.4 Å². The average molecular weight is 453 g/mol. The molecule has 0 aliphatic heterocycles. The number of rotatable bonds is 7. The molecule has 0 atom stereocenters. The van der Waals surface area contributed by atoms with Crippen molar-refractivity contribution in [1.82, 2.24) is 5.43 Å². The number of methoxy groups -OCH3 is 1. The Balaban J connectivity index is 1.35. The fraction of sp³-hybridized carbons (Fsp3) is 0.0741. The summed E-state index contributed by atoms with van der Waals surface area (Å²) < 4.78 is 11.2. The zero-order chi connectivity index (χ0) is 23.8. The molecule has 2 N–H and O–H groups in total. The minimum absolute atomic E-state index is 0.409. The van der Waals surface area contributed by atoms with Crippen molar-refractivity contribution in [2.24, 2.45) is 5.10 Å². The predicted octanol–water partition coefficient (Wildman–Crippen LogP) is 4.52. The molecule has 0 unspecified atom stereocenters. The van der Waals surface area contributed by atoms with Gasteiger partial charge in [-0.05, 0) is 40.8 Å². The number of nitrogens with zero attached hydrogens (tertiary/aromatic N) is 1. The first-order chi connectivity index (χ1) is 16.6. The Kier molecular flexibility index (Phi) is 7.15. The van der Waals surface area contributed by atoms with E-state index in [1.165, 1.54) is 6.21 Å². The van der Waals surface area contributed by atoms with Crippen LogP contribution in [0.1, 0.15) is 11.1 Å². The van der Waals surface area contributed by atoms with Gasteiger partial charge in [0.1, 0.15) is 6.61 Å². The second-order valence-corrected chi connectivity index (χ2v) is 7.36. The van der Waals surface area contributed by atoms with Gasteiger partial charge in [-0.1, -0.05) is 66.7 Å². The summed E-state index contributed by atoms with van der Waals surface area (Å²) in [7, 11) is 1.55. The van der Waals surface area contributed by atoms with Crippen LogP contribution in [-0.2, 0) is 16.2 Å². The van der Waals surface area contributed by atoms with Crippen LogP contribution in [0.2, 0.25) is 0 Å². The number of carbonyl (C=O) groups is 2. The molecule has 0 saturated heterocycles. The zero-order valence-electron chi connectivity index (χ0n) is 18.5. The molecule has 0 aromatic heterocycles. The van der Waals surface area contributed by atoms with Crippen LogP contribution in [0.15, 0.2) is 96.1 Å². The normalized spacial score (nSPS) is 10.7. The number of fused-ring (bicyclic) bond motifs is 1. The Morgan fingerprint density at radius 3 is 2.44 bits per heavy atom. The molecule has 0 heterocycles. The summed E-state index contributed by atoms with van der Waals surface area (Å²) in [6.45, 7) is 0.409. The first-order valence-electron chi connectivity index (χ1n) is 10.6. The zero-order valence-corrected chi connectivity index (χ0v) is 18.5. The van der Waals surface area contributed by atoms with E-state index in [9.17, 15) is 9.59 Å². The minimum Gasteiger partial charge on any atom is -0.493 e. The molecule has 0 aliphatic carbocycles. The van der Waals surface area contributed by atoms with E-state index >= 15 is 0 Å². The number of ether oxygens (including phenoxy) is 2. The molecular formula is C27H23N3O4. The van der Waals surface area contributed by atoms with E-state index in [1.807, 2.05) is 66.7 Å². The Labute approximate surface area is 197 Å². The standard InChI is InChI=1S/C27H23N3O4/c1-33-25-16-20(14-15-24(25)34-18-19-8-3-2-4-9-19)17-28-30-27(32)26(31)29-23-13-7-11-21-10-5-6-12-22(21)23/h2-17H,18H2,1H3,(H,29,31)(H,30,32)/b28-17+. The lowest BCUT2D eigenvalue weighted by Crippen LogP contribution is -2.32. The molecular weight excluding hydrogens is 430 g/mol. The maximum Gasteiger partial charge on any atom is 0.329 e. The fourth-order valence-corrected chi connectivity index (χ4v) is 3.35. The van der Waals surface area contributed by atoms with Gasteiger partial charge in [-0.15, -0.1) is 0 Å². The molecule has 4 aromatic rings. The van der Waals surface area contributed by atoms with E-state index in [2.05, 4.69) is 15.8 Å². The van der Waals surface area contributed by atoms with Gasteiger partial charge in [0.05, 0.1) is 13.3 Å². The monoisotopic (exact) mass is 453 g/mol. The van der Waals surface area contributed by atoms with Gasteiger partial charge in [0, 0.05) is 11.1 Å². The largest absolute Gasteiger partial charge is 0.493 e. The highest BCUT2D eigenvalue weighted by molar-refractivity contribution is 6.40. The third kappa shape index (κ3) is 5.58. The lowest BCUT2D eigenvalue weighted by atomic mass is 10.1. The van der Waals surface area contributed by atoms with Crippen molar-refractivity contribution in [2.45, 2.75) is 6.61 Å². The van der Waals surface area contributed by atoms with Gasteiger partial charge >= 0.3 is 11.8 Å². The van der Waals surface area contributed by atoms with E-state index in [0.29, 0.717) is 29.4 Å². The molecule has 0 aliphatic rings. The number of benzene rings is 4. The minimum atomic E-state index is -0.876. The molecule has 0 radical (unpaired) electrons. The molecule has 2 amide bonds. The van der Waals surface area contributed by atoms with Gasteiger partial charge in [-0.2, -0.15) is 5.10 Å². The summed E-state index contributed by atoms with van der Waals surface area (Å²) in [4.78, 5) is 24.5. The molecule has 0 saturated carbocycles. The second kappa shape index (κ2) is 10.8. The van der Waals surface area contributed by atoms with Crippen LogP contribution in [0.3, 0.4) is 0 Å². The third-order valence-corrected chi connectivity index (χ3v) is 5.05. The van der Waals surface area contributed by atoms with Crippen molar-refractivity contribution in [2.75, 3.05) is 12.4 Å². The number of amides is 2. The summed E-state index contributed by atoms with van der Waals surface area (Å²) in [5.41, 5.74) is 4.50. The van der Waals surface area contributed by atoms with Crippen molar-refractivity contribution in [3.8, 4) is 11.5 Å². The molecule has 170 valence electrons. The highest BCUT2D eigenvalue weighted by Gasteiger charge is 2.14. The van der Waals surface area contributed by atoms with Crippen molar-refractivity contribution >= 4 is 34.5 Å². The van der Waals surface area contributed by atoms with Crippen LogP contribution in [-0.4, -0.2) is 25.1 Å². The molecule has 4 aromatic carbocycles. The molecule has 0 bridgehead atoms. The topological polar surface area (TPSA) is 89.0 Å². The van der Waals surface area contributed by atoms with Crippen molar-refractivity contribution in [3.63, 3.8) is 0 Å². The van der Waals surface area contributed by atoms with E-state index < -0.39 is 11.8 Å². The summed E-state index contributed by atoms with van der Waals surface area (Å²) >= 11 is 0. The summed E-state index contributed by atoms with van der Waals surface area (Å²) in [5.74, 6) is -0.573. The Bertz CT molecular complexity index is 1330. The quantitative estimate of drug-likeness (QED) is 0.245. The second-order valence-electron chi connectivity index (χ2n) is 7.36. The van der Waals surface area contributed by atoms with Gasteiger partial charge in [0.2, 0.25) is 0 Å². The maximum atomic E-state index is 12.3. The van der Waals surface area contributed by atoms with Crippen LogP contribution in [0.5, 0.6) is 11.5 Å². The summed E-state index contributed by atoms with van der Waals surface area (Å²) in [6, 6.07) is 28.1. The van der Waals surface area contributed by atoms with Crippen LogP contribution < -0.4 is 20.2 Å². The third-order valence-electron chi connectivity index (χ3n) is 5.05. The van der Waals surface area contributed by atoms with E-state index in [4.69, 9.17) is 9.47 Å². The number of hydrazone groups is 1. The van der Waals surface area contributed by atoms with Gasteiger partial charge in [-0.3, -0.25) is 9.59 Å². The van der Waals surface area contributed by atoms with E-state index in [-0.39, 0.29) is 0 Å². The number of carbonyl (C=O) groups excluding carboxylic acids is 2. The molecule has 0 fully saturated rings. The van der Waals surface area contributed by atoms with Gasteiger partial charge < -0.3 is 14.8 Å². The summed E-state index contributed by atoms with van der Waals surface area (Å²) in [5, 5.41) is 8.31. The number of nitrogens with one attached hydrogen (secondary N) is 2. The number of anilines is 1. The van der Waals surface area contributed by atoms with Crippen molar-refractivity contribution < 1.29 is 19.1 Å². The molecule has 7 heteroatoms. The first kappa shape index (κ1) is 22.5. The lowest BCUT2D eigenvalue weighted by Gasteiger charge is -2.11. The number of hydrogen-bond acceptors (Lipinski definition) is 5. The fourth-order valence-electron chi connectivity index (χ4n) is 3.35. The van der Waals surface area contributed by atoms with Crippen LogP contribution in [0, 0.1) is 0 Å². The van der Waals surface area contributed by atoms with E-state index in [0.717, 1.165) is 16.3 Å². The molecule has 34 heavy (non-hydrogen) atoms. The molecule has 4 rings (SSSR count). The molecule has 0 spiro atoms. The predicted molar refractivity (Wildman–Crippen MR) is 132 cm³/mol. The average Bonchev–Trinajstić information content (AvgIpc) is 2.88. The summed E-state index contributed by atoms with van der Waals surface area (Å²) in [6.07, 6.45) is 1.42. The van der Waals surface area contributed by atoms with Crippen LogP contribution in [0.25, 0.3) is 10.8 Å². The lowest BCUT2D eigenvalue weighted by molar-refractivity contribution is -0.136.